The van der Waals surface area contributed by atoms with Crippen LogP contribution >= 0.6 is 27.5 Å². The van der Waals surface area contributed by atoms with Crippen molar-refractivity contribution in [1.82, 2.24) is 4.98 Å². The Morgan fingerprint density at radius 1 is 1.62 bits per heavy atom. The van der Waals surface area contributed by atoms with Gasteiger partial charge in [0.1, 0.15) is 4.60 Å². The number of hydrogen-bond acceptors (Lipinski definition) is 1. The highest BCUT2D eigenvalue weighted by Crippen LogP contribution is 2.30. The summed E-state index contributed by atoms with van der Waals surface area (Å²) >= 11 is 8.54. The highest BCUT2D eigenvalue weighted by Gasteiger charge is 2.17. The Morgan fingerprint density at radius 3 is 2.69 bits per heavy atom. The molecule has 0 N–H and O–H groups in total. The van der Waals surface area contributed by atoms with Gasteiger partial charge in [0.05, 0.1) is 5.56 Å². The van der Waals surface area contributed by atoms with Crippen LogP contribution in [0, 0.1) is 6.92 Å². The fourth-order valence-corrected chi connectivity index (χ4v) is 1.86. The summed E-state index contributed by atoms with van der Waals surface area (Å²) in [6, 6.07) is 0. The summed E-state index contributed by atoms with van der Waals surface area (Å²) in [5.74, 6) is 0.200. The smallest absolute Gasteiger partial charge is 0.249 e. The topological polar surface area (TPSA) is 12.9 Å². The van der Waals surface area contributed by atoms with Gasteiger partial charge in [0.15, 0.2) is 0 Å². The Labute approximate surface area is 88.2 Å². The van der Waals surface area contributed by atoms with E-state index in [2.05, 4.69) is 20.9 Å². The second-order valence-electron chi connectivity index (χ2n) is 2.55. The molecule has 1 heterocycles. The molecule has 0 spiro atoms. The van der Waals surface area contributed by atoms with Crippen LogP contribution in [-0.2, 0) is 5.88 Å². The van der Waals surface area contributed by atoms with E-state index in [1.807, 2.05) is 0 Å². The predicted molar refractivity (Wildman–Crippen MR) is 51.2 cm³/mol. The van der Waals surface area contributed by atoms with E-state index in [0.717, 1.165) is 0 Å². The Hall–Kier alpha value is -0.220. The molecule has 1 nitrogen and oxygen atoms in total. The summed E-state index contributed by atoms with van der Waals surface area (Å²) in [6.45, 7) is 1.62. The van der Waals surface area contributed by atoms with Crippen molar-refractivity contribution in [2.45, 2.75) is 19.2 Å². The molecule has 0 atom stereocenters. The van der Waals surface area contributed by atoms with Crippen LogP contribution in [0.25, 0.3) is 0 Å². The Balaban J connectivity index is 3.30. The van der Waals surface area contributed by atoms with Gasteiger partial charge in [0.2, 0.25) is 0 Å². The molecule has 0 unspecified atom stereocenters. The standard InChI is InChI=1S/C8H7BrClF2N/c1-4-5(2-10)3-13-7(9)6(4)8(11)12/h3,8H,2H2,1H3. The van der Waals surface area contributed by atoms with Crippen LogP contribution in [0.3, 0.4) is 0 Å². The lowest BCUT2D eigenvalue weighted by Crippen LogP contribution is -1.98. The maximum atomic E-state index is 12.5. The molecule has 0 aliphatic heterocycles. The molecule has 0 radical (unpaired) electrons. The Morgan fingerprint density at radius 2 is 2.23 bits per heavy atom. The second-order valence-corrected chi connectivity index (χ2v) is 3.57. The molecular formula is C8H7BrClF2N. The van der Waals surface area contributed by atoms with E-state index in [9.17, 15) is 8.78 Å². The highest BCUT2D eigenvalue weighted by atomic mass is 79.9. The van der Waals surface area contributed by atoms with Crippen molar-refractivity contribution in [3.05, 3.63) is 27.5 Å². The van der Waals surface area contributed by atoms with Crippen molar-refractivity contribution in [1.29, 1.82) is 0 Å². The molecule has 0 saturated heterocycles. The zero-order chi connectivity index (χ0) is 10.0. The molecule has 0 aliphatic rings. The second kappa shape index (κ2) is 4.33. The van der Waals surface area contributed by atoms with E-state index in [0.29, 0.717) is 11.1 Å². The number of hydrogen-bond donors (Lipinski definition) is 0. The number of nitrogens with zero attached hydrogens (tertiary/aromatic N) is 1. The quantitative estimate of drug-likeness (QED) is 0.588. The van der Waals surface area contributed by atoms with Crippen molar-refractivity contribution in [2.75, 3.05) is 0 Å². The van der Waals surface area contributed by atoms with Crippen LogP contribution in [0.4, 0.5) is 8.78 Å². The van der Waals surface area contributed by atoms with Gasteiger partial charge >= 0.3 is 0 Å². The number of rotatable bonds is 2. The Bertz CT molecular complexity index is 317. The third-order valence-electron chi connectivity index (χ3n) is 1.80. The Kier molecular flexibility index (Phi) is 3.62. The minimum Gasteiger partial charge on any atom is -0.249 e. The molecule has 5 heteroatoms. The first kappa shape index (κ1) is 10.9. The van der Waals surface area contributed by atoms with Gasteiger partial charge in [0, 0.05) is 12.1 Å². The lowest BCUT2D eigenvalue weighted by atomic mass is 10.1. The molecule has 0 saturated carbocycles. The van der Waals surface area contributed by atoms with Crippen molar-refractivity contribution in [3.8, 4) is 0 Å². The largest absolute Gasteiger partial charge is 0.266 e. The number of alkyl halides is 3. The average Bonchev–Trinajstić information content (AvgIpc) is 2.04. The number of pyridine rings is 1. The van der Waals surface area contributed by atoms with Gasteiger partial charge in [0.25, 0.3) is 6.43 Å². The molecule has 13 heavy (non-hydrogen) atoms. The van der Waals surface area contributed by atoms with E-state index in [-0.39, 0.29) is 16.0 Å². The van der Waals surface area contributed by atoms with Gasteiger partial charge in [-0.2, -0.15) is 0 Å². The van der Waals surface area contributed by atoms with Crippen LogP contribution in [0.2, 0.25) is 0 Å². The molecule has 1 aromatic rings. The molecule has 1 aromatic heterocycles. The molecule has 72 valence electrons. The van der Waals surface area contributed by atoms with E-state index >= 15 is 0 Å². The van der Waals surface area contributed by atoms with Gasteiger partial charge in [-0.25, -0.2) is 13.8 Å². The van der Waals surface area contributed by atoms with Crippen LogP contribution in [-0.4, -0.2) is 4.98 Å². The monoisotopic (exact) mass is 269 g/mol. The average molecular weight is 271 g/mol. The zero-order valence-electron chi connectivity index (χ0n) is 6.82. The first-order valence-corrected chi connectivity index (χ1v) is 4.88. The van der Waals surface area contributed by atoms with Crippen molar-refractivity contribution in [2.24, 2.45) is 0 Å². The summed E-state index contributed by atoms with van der Waals surface area (Å²) < 4.78 is 25.2. The first-order valence-electron chi connectivity index (χ1n) is 3.56. The van der Waals surface area contributed by atoms with Gasteiger partial charge in [-0.3, -0.25) is 0 Å². The van der Waals surface area contributed by atoms with Gasteiger partial charge in [-0.1, -0.05) is 0 Å². The molecule has 0 aromatic carbocycles. The first-order chi connectivity index (χ1) is 6.07. The molecular weight excluding hydrogens is 263 g/mol. The summed E-state index contributed by atoms with van der Waals surface area (Å²) in [6.07, 6.45) is -1.02. The van der Waals surface area contributed by atoms with E-state index < -0.39 is 6.43 Å². The molecule has 0 amide bonds. The summed E-state index contributed by atoms with van der Waals surface area (Å²) in [4.78, 5) is 3.78. The molecule has 0 bridgehead atoms. The predicted octanol–water partition coefficient (Wildman–Crippen LogP) is 3.83. The van der Waals surface area contributed by atoms with Gasteiger partial charge in [-0.15, -0.1) is 11.6 Å². The lowest BCUT2D eigenvalue weighted by Gasteiger charge is -2.09. The fourth-order valence-electron chi connectivity index (χ4n) is 1.02. The van der Waals surface area contributed by atoms with Crippen molar-refractivity contribution >= 4 is 27.5 Å². The molecule has 0 aliphatic carbocycles. The molecule has 1 rings (SSSR count). The van der Waals surface area contributed by atoms with Crippen molar-refractivity contribution in [3.63, 3.8) is 0 Å². The van der Waals surface area contributed by atoms with E-state index in [1.165, 1.54) is 6.20 Å². The van der Waals surface area contributed by atoms with Crippen LogP contribution in [0.1, 0.15) is 23.1 Å². The third-order valence-corrected chi connectivity index (χ3v) is 2.72. The van der Waals surface area contributed by atoms with E-state index in [4.69, 9.17) is 11.6 Å². The minimum absolute atomic E-state index is 0.0712. The zero-order valence-corrected chi connectivity index (χ0v) is 9.16. The summed E-state index contributed by atoms with van der Waals surface area (Å²) in [7, 11) is 0. The number of aromatic nitrogens is 1. The maximum absolute atomic E-state index is 12.5. The van der Waals surface area contributed by atoms with Crippen molar-refractivity contribution < 1.29 is 8.78 Å². The summed E-state index contributed by atoms with van der Waals surface area (Å²) in [5.41, 5.74) is 1.07. The van der Waals surface area contributed by atoms with Crippen LogP contribution < -0.4 is 0 Å². The fraction of sp³-hybridized carbons (Fsp3) is 0.375. The van der Waals surface area contributed by atoms with Crippen LogP contribution in [0.15, 0.2) is 10.8 Å². The summed E-state index contributed by atoms with van der Waals surface area (Å²) in [5, 5.41) is 0. The van der Waals surface area contributed by atoms with Crippen LogP contribution in [0.5, 0.6) is 0 Å². The maximum Gasteiger partial charge on any atom is 0.266 e. The highest BCUT2D eigenvalue weighted by molar-refractivity contribution is 9.10. The number of halogens is 4. The van der Waals surface area contributed by atoms with E-state index in [1.54, 1.807) is 6.92 Å². The normalized spacial score (nSPS) is 10.9. The van der Waals surface area contributed by atoms with Gasteiger partial charge in [-0.05, 0) is 34.0 Å². The lowest BCUT2D eigenvalue weighted by molar-refractivity contribution is 0.149. The van der Waals surface area contributed by atoms with Gasteiger partial charge < -0.3 is 0 Å². The third kappa shape index (κ3) is 2.17. The minimum atomic E-state index is -2.52. The SMILES string of the molecule is Cc1c(CCl)cnc(Br)c1C(F)F. The molecule has 0 fully saturated rings.